The monoisotopic (exact) mass is 270 g/mol. The van der Waals surface area contributed by atoms with Crippen molar-refractivity contribution in [3.63, 3.8) is 0 Å². The molecule has 0 aliphatic rings. The Kier molecular flexibility index (Phi) is 4.15. The molecule has 0 bridgehead atoms. The van der Waals surface area contributed by atoms with Crippen molar-refractivity contribution < 1.29 is 19.4 Å². The van der Waals surface area contributed by atoms with Crippen molar-refractivity contribution in [1.82, 2.24) is 0 Å². The van der Waals surface area contributed by atoms with Crippen LogP contribution in [-0.4, -0.2) is 17.0 Å². The third kappa shape index (κ3) is 3.23. The zero-order chi connectivity index (χ0) is 14.5. The number of benzene rings is 2. The number of rotatable bonds is 4. The van der Waals surface area contributed by atoms with Crippen LogP contribution in [0.1, 0.15) is 39.3 Å². The van der Waals surface area contributed by atoms with E-state index < -0.39 is 11.9 Å². The second kappa shape index (κ2) is 6.02. The number of carbonyl (C=O) groups is 2. The number of carboxylic acids is 1. The Morgan fingerprint density at radius 1 is 0.950 bits per heavy atom. The maximum absolute atomic E-state index is 11.9. The van der Waals surface area contributed by atoms with Crippen LogP contribution in [0.2, 0.25) is 0 Å². The largest absolute Gasteiger partial charge is 0.478 e. The minimum absolute atomic E-state index is 0.137. The van der Waals surface area contributed by atoms with Gasteiger partial charge < -0.3 is 9.84 Å². The summed E-state index contributed by atoms with van der Waals surface area (Å²) in [4.78, 5) is 22.7. The van der Waals surface area contributed by atoms with Gasteiger partial charge in [0, 0.05) is 0 Å². The van der Waals surface area contributed by atoms with E-state index in [9.17, 15) is 9.59 Å². The van der Waals surface area contributed by atoms with Crippen LogP contribution in [0.15, 0.2) is 54.6 Å². The SMILES string of the molecule is C[C@H](OC(=O)c1ccc(C(=O)O)cc1)c1ccccc1. The minimum atomic E-state index is -1.03. The number of hydrogen-bond donors (Lipinski definition) is 1. The van der Waals surface area contributed by atoms with E-state index in [-0.39, 0.29) is 11.7 Å². The maximum Gasteiger partial charge on any atom is 0.338 e. The molecule has 0 aromatic heterocycles. The van der Waals surface area contributed by atoms with Gasteiger partial charge in [0.05, 0.1) is 11.1 Å². The average molecular weight is 270 g/mol. The molecule has 0 saturated heterocycles. The summed E-state index contributed by atoms with van der Waals surface area (Å²) >= 11 is 0. The van der Waals surface area contributed by atoms with Gasteiger partial charge in [0.1, 0.15) is 6.10 Å². The second-order valence-corrected chi connectivity index (χ2v) is 4.34. The molecule has 20 heavy (non-hydrogen) atoms. The molecular weight excluding hydrogens is 256 g/mol. The number of hydrogen-bond acceptors (Lipinski definition) is 3. The summed E-state index contributed by atoms with van der Waals surface area (Å²) in [6, 6.07) is 15.1. The fourth-order valence-electron chi connectivity index (χ4n) is 1.77. The fourth-order valence-corrected chi connectivity index (χ4v) is 1.77. The van der Waals surface area contributed by atoms with Gasteiger partial charge in [-0.25, -0.2) is 9.59 Å². The molecule has 2 rings (SSSR count). The molecule has 1 N–H and O–H groups in total. The third-order valence-electron chi connectivity index (χ3n) is 2.92. The van der Waals surface area contributed by atoms with Gasteiger partial charge in [-0.15, -0.1) is 0 Å². The Hall–Kier alpha value is -2.62. The van der Waals surface area contributed by atoms with Gasteiger partial charge in [-0.2, -0.15) is 0 Å². The van der Waals surface area contributed by atoms with E-state index in [4.69, 9.17) is 9.84 Å². The molecule has 0 heterocycles. The van der Waals surface area contributed by atoms with E-state index in [1.54, 1.807) is 6.92 Å². The van der Waals surface area contributed by atoms with Gasteiger partial charge in [-0.05, 0) is 36.8 Å². The van der Waals surface area contributed by atoms with Crippen LogP contribution in [0.25, 0.3) is 0 Å². The van der Waals surface area contributed by atoms with Crippen LogP contribution in [0.3, 0.4) is 0 Å². The lowest BCUT2D eigenvalue weighted by Gasteiger charge is -2.13. The van der Waals surface area contributed by atoms with Crippen molar-refractivity contribution in [2.45, 2.75) is 13.0 Å². The predicted octanol–water partition coefficient (Wildman–Crippen LogP) is 3.30. The Labute approximate surface area is 116 Å². The van der Waals surface area contributed by atoms with E-state index >= 15 is 0 Å². The Bertz CT molecular complexity index is 602. The highest BCUT2D eigenvalue weighted by molar-refractivity contribution is 5.92. The maximum atomic E-state index is 11.9. The molecule has 0 unspecified atom stereocenters. The number of esters is 1. The molecule has 4 nitrogen and oxygen atoms in total. The molecule has 4 heteroatoms. The highest BCUT2D eigenvalue weighted by Crippen LogP contribution is 2.18. The number of aromatic carboxylic acids is 1. The lowest BCUT2D eigenvalue weighted by molar-refractivity contribution is 0.0337. The fraction of sp³-hybridized carbons (Fsp3) is 0.125. The number of ether oxygens (including phenoxy) is 1. The van der Waals surface area contributed by atoms with E-state index in [2.05, 4.69) is 0 Å². The molecule has 0 radical (unpaired) electrons. The smallest absolute Gasteiger partial charge is 0.338 e. The van der Waals surface area contributed by atoms with Crippen LogP contribution in [0, 0.1) is 0 Å². The molecule has 0 aliphatic heterocycles. The van der Waals surface area contributed by atoms with E-state index in [1.165, 1.54) is 24.3 Å². The van der Waals surface area contributed by atoms with Crippen molar-refractivity contribution >= 4 is 11.9 Å². The molecule has 0 spiro atoms. The molecule has 0 aliphatic carbocycles. The average Bonchev–Trinajstić information content (AvgIpc) is 2.48. The van der Waals surface area contributed by atoms with Crippen LogP contribution >= 0.6 is 0 Å². The van der Waals surface area contributed by atoms with Crippen molar-refractivity contribution in [3.8, 4) is 0 Å². The lowest BCUT2D eigenvalue weighted by Crippen LogP contribution is -2.09. The highest BCUT2D eigenvalue weighted by Gasteiger charge is 2.14. The first-order valence-electron chi connectivity index (χ1n) is 6.17. The summed E-state index contributed by atoms with van der Waals surface area (Å²) in [6.07, 6.45) is -0.358. The first kappa shape index (κ1) is 13.8. The van der Waals surface area contributed by atoms with Crippen LogP contribution in [0.5, 0.6) is 0 Å². The van der Waals surface area contributed by atoms with Crippen LogP contribution in [0.4, 0.5) is 0 Å². The number of carbonyl (C=O) groups excluding carboxylic acids is 1. The quantitative estimate of drug-likeness (QED) is 0.866. The predicted molar refractivity (Wildman–Crippen MR) is 73.7 cm³/mol. The van der Waals surface area contributed by atoms with Crippen molar-refractivity contribution in [2.24, 2.45) is 0 Å². The summed E-state index contributed by atoms with van der Waals surface area (Å²) in [5.41, 5.74) is 1.37. The Morgan fingerprint density at radius 3 is 2.05 bits per heavy atom. The lowest BCUT2D eigenvalue weighted by atomic mass is 10.1. The minimum Gasteiger partial charge on any atom is -0.478 e. The van der Waals surface area contributed by atoms with Gasteiger partial charge in [-0.1, -0.05) is 30.3 Å². The molecule has 0 fully saturated rings. The zero-order valence-corrected chi connectivity index (χ0v) is 10.9. The topological polar surface area (TPSA) is 63.6 Å². The van der Waals surface area contributed by atoms with Gasteiger partial charge in [-0.3, -0.25) is 0 Å². The van der Waals surface area contributed by atoms with Crippen molar-refractivity contribution in [1.29, 1.82) is 0 Å². The van der Waals surface area contributed by atoms with E-state index in [0.29, 0.717) is 5.56 Å². The molecular formula is C16H14O4. The van der Waals surface area contributed by atoms with Gasteiger partial charge in [0.2, 0.25) is 0 Å². The summed E-state index contributed by atoms with van der Waals surface area (Å²) in [5.74, 6) is -1.50. The molecule has 1 atom stereocenters. The highest BCUT2D eigenvalue weighted by atomic mass is 16.5. The molecule has 0 saturated carbocycles. The van der Waals surface area contributed by atoms with Crippen molar-refractivity contribution in [2.75, 3.05) is 0 Å². The van der Waals surface area contributed by atoms with E-state index in [1.807, 2.05) is 30.3 Å². The second-order valence-electron chi connectivity index (χ2n) is 4.34. The van der Waals surface area contributed by atoms with Crippen molar-refractivity contribution in [3.05, 3.63) is 71.3 Å². The van der Waals surface area contributed by atoms with Gasteiger partial charge >= 0.3 is 11.9 Å². The summed E-state index contributed by atoms with van der Waals surface area (Å²) in [7, 11) is 0. The molecule has 102 valence electrons. The zero-order valence-electron chi connectivity index (χ0n) is 10.9. The molecule has 0 amide bonds. The first-order valence-corrected chi connectivity index (χ1v) is 6.17. The Morgan fingerprint density at radius 2 is 1.50 bits per heavy atom. The summed E-state index contributed by atoms with van der Waals surface area (Å²) in [6.45, 7) is 1.79. The third-order valence-corrected chi connectivity index (χ3v) is 2.92. The normalized spacial score (nSPS) is 11.7. The summed E-state index contributed by atoms with van der Waals surface area (Å²) in [5, 5.41) is 8.79. The van der Waals surface area contributed by atoms with Crippen LogP contribution < -0.4 is 0 Å². The number of carboxylic acid groups (broad SMARTS) is 1. The van der Waals surface area contributed by atoms with Gasteiger partial charge in [0.15, 0.2) is 0 Å². The first-order chi connectivity index (χ1) is 9.58. The van der Waals surface area contributed by atoms with Crippen LogP contribution in [-0.2, 0) is 4.74 Å². The van der Waals surface area contributed by atoms with Gasteiger partial charge in [0.25, 0.3) is 0 Å². The molecule has 2 aromatic rings. The Balaban J connectivity index is 2.06. The van der Waals surface area contributed by atoms with E-state index in [0.717, 1.165) is 5.56 Å². The summed E-state index contributed by atoms with van der Waals surface area (Å²) < 4.78 is 5.34. The standard InChI is InChI=1S/C16H14O4/c1-11(12-5-3-2-4-6-12)20-16(19)14-9-7-13(8-10-14)15(17)18/h2-11H,1H3,(H,17,18)/t11-/m0/s1. The molecule has 2 aromatic carbocycles.